The van der Waals surface area contributed by atoms with E-state index >= 15 is 0 Å². The molecule has 0 heterocycles. The summed E-state index contributed by atoms with van der Waals surface area (Å²) in [5.41, 5.74) is 5.90. The Morgan fingerprint density at radius 3 is 2.28 bits per heavy atom. The molecule has 0 bridgehead atoms. The smallest absolute Gasteiger partial charge is 0.158 e. The molecule has 0 aliphatic rings. The number of carbonyl (C=O) groups excluding carboxylic acids is 1. The average molecular weight is 276 g/mol. The first-order valence-corrected chi connectivity index (χ1v) is 6.79. The van der Waals surface area contributed by atoms with Gasteiger partial charge in [-0.15, -0.1) is 12.4 Å². The maximum atomic E-state index is 11.7. The number of rotatable bonds is 9. The van der Waals surface area contributed by atoms with Crippen LogP contribution in [0.2, 0.25) is 0 Å². The minimum atomic E-state index is -0.301. The lowest BCUT2D eigenvalue weighted by Crippen LogP contribution is -2.45. The summed E-state index contributed by atoms with van der Waals surface area (Å²) in [5.74, 6) is 0.336. The Kier molecular flexibility index (Phi) is 10.6. The van der Waals surface area contributed by atoms with Gasteiger partial charge in [-0.05, 0) is 32.3 Å². The van der Waals surface area contributed by atoms with Crippen LogP contribution in [0, 0.1) is 11.8 Å². The van der Waals surface area contributed by atoms with E-state index in [9.17, 15) is 4.79 Å². The van der Waals surface area contributed by atoms with Crippen molar-refractivity contribution in [2.45, 2.75) is 65.3 Å². The summed E-state index contributed by atoms with van der Waals surface area (Å²) >= 11 is 0. The molecule has 0 aliphatic carbocycles. The summed E-state index contributed by atoms with van der Waals surface area (Å²) in [4.78, 5) is 11.7. The molecule has 3 heteroatoms. The van der Waals surface area contributed by atoms with Gasteiger partial charge in [-0.3, -0.25) is 4.79 Å². The van der Waals surface area contributed by atoms with E-state index in [1.165, 1.54) is 25.3 Å². The molecule has 2 N–H and O–H groups in total. The van der Waals surface area contributed by atoms with Crippen LogP contribution in [-0.4, -0.2) is 11.3 Å². The molecule has 0 amide bonds. The van der Waals surface area contributed by atoms with E-state index in [0.717, 1.165) is 12.8 Å². The van der Waals surface area contributed by atoms with Crippen molar-refractivity contribution in [3.05, 3.63) is 12.7 Å². The number of carbonyl (C=O) groups is 1. The fourth-order valence-electron chi connectivity index (χ4n) is 2.44. The molecule has 2 unspecified atom stereocenters. The van der Waals surface area contributed by atoms with E-state index in [4.69, 9.17) is 5.73 Å². The highest BCUT2D eigenvalue weighted by atomic mass is 35.5. The van der Waals surface area contributed by atoms with Gasteiger partial charge in [0.2, 0.25) is 0 Å². The molecule has 18 heavy (non-hydrogen) atoms. The monoisotopic (exact) mass is 275 g/mol. The van der Waals surface area contributed by atoms with Crippen molar-refractivity contribution in [2.75, 3.05) is 0 Å². The van der Waals surface area contributed by atoms with Crippen molar-refractivity contribution in [1.29, 1.82) is 0 Å². The third kappa shape index (κ3) is 7.17. The quantitative estimate of drug-likeness (QED) is 0.508. The topological polar surface area (TPSA) is 43.1 Å². The Morgan fingerprint density at radius 2 is 1.89 bits per heavy atom. The minimum absolute atomic E-state index is 0. The predicted molar refractivity (Wildman–Crippen MR) is 82.1 cm³/mol. The Labute approximate surface area is 119 Å². The normalized spacial score (nSPS) is 14.5. The van der Waals surface area contributed by atoms with Gasteiger partial charge in [0.15, 0.2) is 5.78 Å². The van der Waals surface area contributed by atoms with Gasteiger partial charge in [0.1, 0.15) is 0 Å². The van der Waals surface area contributed by atoms with E-state index in [0.29, 0.717) is 0 Å². The van der Waals surface area contributed by atoms with Crippen molar-refractivity contribution < 1.29 is 4.79 Å². The fraction of sp³-hybridized carbons (Fsp3) is 0.800. The van der Waals surface area contributed by atoms with Crippen LogP contribution in [0.15, 0.2) is 12.7 Å². The largest absolute Gasteiger partial charge is 0.325 e. The highest BCUT2D eigenvalue weighted by Gasteiger charge is 2.32. The second-order valence-corrected chi connectivity index (χ2v) is 5.67. The summed E-state index contributed by atoms with van der Waals surface area (Å²) in [6.45, 7) is 11.8. The predicted octanol–water partition coefficient (Wildman–Crippen LogP) is 4.12. The van der Waals surface area contributed by atoms with Gasteiger partial charge < -0.3 is 5.73 Å². The Hall–Kier alpha value is -0.340. The number of halogens is 1. The summed E-state index contributed by atoms with van der Waals surface area (Å²) in [5, 5.41) is 0. The number of allylic oxidation sites excluding steroid dienone is 1. The van der Waals surface area contributed by atoms with Gasteiger partial charge in [-0.2, -0.15) is 0 Å². The first-order chi connectivity index (χ1) is 7.84. The van der Waals surface area contributed by atoms with E-state index in [2.05, 4.69) is 13.5 Å². The zero-order chi connectivity index (χ0) is 13.5. The van der Waals surface area contributed by atoms with E-state index in [1.54, 1.807) is 0 Å². The van der Waals surface area contributed by atoms with Crippen LogP contribution in [-0.2, 0) is 4.79 Å². The highest BCUT2D eigenvalue weighted by molar-refractivity contribution is 5.91. The highest BCUT2D eigenvalue weighted by Crippen LogP contribution is 2.29. The van der Waals surface area contributed by atoms with Crippen LogP contribution in [0.3, 0.4) is 0 Å². The molecule has 0 spiro atoms. The van der Waals surface area contributed by atoms with E-state index in [-0.39, 0.29) is 35.6 Å². The summed E-state index contributed by atoms with van der Waals surface area (Å²) < 4.78 is 0. The summed E-state index contributed by atoms with van der Waals surface area (Å²) in [6.07, 6.45) is 7.35. The fourth-order valence-corrected chi connectivity index (χ4v) is 2.44. The lowest BCUT2D eigenvalue weighted by Gasteiger charge is -2.34. The van der Waals surface area contributed by atoms with Gasteiger partial charge in [0.05, 0.1) is 0 Å². The molecule has 0 saturated heterocycles. The molecular formula is C15H30ClNO. The van der Waals surface area contributed by atoms with Crippen LogP contribution in [0.5, 0.6) is 0 Å². The number of hydrogen-bond donors (Lipinski definition) is 1. The molecule has 2 atom stereocenters. The molecule has 0 aliphatic heterocycles. The molecule has 0 saturated carbocycles. The first-order valence-electron chi connectivity index (χ1n) is 6.79. The van der Waals surface area contributed by atoms with Crippen LogP contribution < -0.4 is 5.73 Å². The lowest BCUT2D eigenvalue weighted by atomic mass is 9.74. The lowest BCUT2D eigenvalue weighted by molar-refractivity contribution is -0.120. The van der Waals surface area contributed by atoms with Crippen LogP contribution >= 0.6 is 12.4 Å². The van der Waals surface area contributed by atoms with E-state index in [1.807, 2.05) is 20.8 Å². The maximum absolute atomic E-state index is 11.7. The molecule has 0 aromatic rings. The molecule has 0 aromatic heterocycles. The third-order valence-corrected chi connectivity index (χ3v) is 3.58. The number of hydrogen-bond acceptors (Lipinski definition) is 2. The van der Waals surface area contributed by atoms with Gasteiger partial charge in [-0.25, -0.2) is 0 Å². The molecular weight excluding hydrogens is 246 g/mol. The number of nitrogens with two attached hydrogens (primary N) is 1. The zero-order valence-electron chi connectivity index (χ0n) is 12.4. The van der Waals surface area contributed by atoms with Gasteiger partial charge in [0.25, 0.3) is 0 Å². The summed E-state index contributed by atoms with van der Waals surface area (Å²) in [6, 6.07) is 0. The Balaban J connectivity index is 0. The second-order valence-electron chi connectivity index (χ2n) is 5.67. The van der Waals surface area contributed by atoms with Crippen molar-refractivity contribution in [3.63, 3.8) is 0 Å². The Morgan fingerprint density at radius 1 is 1.33 bits per heavy atom. The number of unbranched alkanes of at least 4 members (excludes halogenated alkanes) is 3. The molecule has 0 radical (unpaired) electrons. The van der Waals surface area contributed by atoms with Gasteiger partial charge >= 0.3 is 0 Å². The standard InChI is InChI=1S/C15H29NO.ClH/c1-6-8-9-10-11-13(15(4,5)16)12(3)14(17)7-2;/h7,12-13H,2,6,8-11,16H2,1,3-5H3;1H. The molecule has 108 valence electrons. The van der Waals surface area contributed by atoms with Crippen molar-refractivity contribution in [1.82, 2.24) is 0 Å². The molecule has 2 nitrogen and oxygen atoms in total. The first kappa shape index (κ1) is 20.0. The van der Waals surface area contributed by atoms with Crippen LogP contribution in [0.25, 0.3) is 0 Å². The average Bonchev–Trinajstić information content (AvgIpc) is 2.25. The van der Waals surface area contributed by atoms with Crippen molar-refractivity contribution >= 4 is 18.2 Å². The maximum Gasteiger partial charge on any atom is 0.158 e. The SMILES string of the molecule is C=CC(=O)C(C)C(CCCCCC)C(C)(C)N.Cl. The molecule has 0 aromatic carbocycles. The van der Waals surface area contributed by atoms with E-state index < -0.39 is 0 Å². The minimum Gasteiger partial charge on any atom is -0.325 e. The molecule has 0 fully saturated rings. The van der Waals surface area contributed by atoms with Crippen LogP contribution in [0.4, 0.5) is 0 Å². The summed E-state index contributed by atoms with van der Waals surface area (Å²) in [7, 11) is 0. The second kappa shape index (κ2) is 9.57. The van der Waals surface area contributed by atoms with Crippen molar-refractivity contribution in [2.24, 2.45) is 17.6 Å². The zero-order valence-corrected chi connectivity index (χ0v) is 13.2. The van der Waals surface area contributed by atoms with Crippen LogP contribution in [0.1, 0.15) is 59.8 Å². The third-order valence-electron chi connectivity index (χ3n) is 3.58. The van der Waals surface area contributed by atoms with Gasteiger partial charge in [-0.1, -0.05) is 46.1 Å². The van der Waals surface area contributed by atoms with Crippen molar-refractivity contribution in [3.8, 4) is 0 Å². The molecule has 0 rings (SSSR count). The Bertz CT molecular complexity index is 245. The van der Waals surface area contributed by atoms with Gasteiger partial charge in [0, 0.05) is 11.5 Å². The number of ketones is 1.